The van der Waals surface area contributed by atoms with E-state index in [2.05, 4.69) is 19.2 Å². The summed E-state index contributed by atoms with van der Waals surface area (Å²) in [5.74, 6) is 0. The molecule has 114 valence electrons. The summed E-state index contributed by atoms with van der Waals surface area (Å²) >= 11 is 1.87. The van der Waals surface area contributed by atoms with Crippen molar-refractivity contribution in [3.63, 3.8) is 0 Å². The minimum absolute atomic E-state index is 0.152. The monoisotopic (exact) mass is 298 g/mol. The fourth-order valence-electron chi connectivity index (χ4n) is 2.52. The molecule has 0 aliphatic heterocycles. The Labute approximate surface area is 125 Å². The second-order valence-electron chi connectivity index (χ2n) is 5.94. The predicted octanol–water partition coefficient (Wildman–Crippen LogP) is 2.72. The van der Waals surface area contributed by atoms with E-state index in [-0.39, 0.29) is 11.6 Å². The highest BCUT2D eigenvalue weighted by Gasteiger charge is 2.27. The number of aromatic nitrogens is 1. The number of nitrogens with one attached hydrogen (secondary N) is 1. The van der Waals surface area contributed by atoms with Gasteiger partial charge in [-0.1, -0.05) is 0 Å². The first-order valence-electron chi connectivity index (χ1n) is 7.31. The summed E-state index contributed by atoms with van der Waals surface area (Å²) in [7, 11) is 3.50. The Kier molecular flexibility index (Phi) is 5.55. The van der Waals surface area contributed by atoms with Crippen molar-refractivity contribution >= 4 is 11.3 Å². The summed E-state index contributed by atoms with van der Waals surface area (Å²) < 4.78 is 10.7. The molecule has 0 saturated heterocycles. The predicted molar refractivity (Wildman–Crippen MR) is 82.5 cm³/mol. The molecule has 0 aromatic carbocycles. The number of hydrogen-bond acceptors (Lipinski definition) is 5. The van der Waals surface area contributed by atoms with E-state index in [1.54, 1.807) is 14.2 Å². The van der Waals surface area contributed by atoms with Gasteiger partial charge in [0.05, 0.1) is 23.9 Å². The van der Waals surface area contributed by atoms with Gasteiger partial charge in [0.1, 0.15) is 5.01 Å². The highest BCUT2D eigenvalue weighted by Crippen LogP contribution is 2.34. The van der Waals surface area contributed by atoms with Crippen LogP contribution in [0.4, 0.5) is 0 Å². The topological polar surface area (TPSA) is 43.4 Å². The van der Waals surface area contributed by atoms with E-state index in [4.69, 9.17) is 14.5 Å². The van der Waals surface area contributed by atoms with Crippen LogP contribution in [0.25, 0.3) is 0 Å². The summed E-state index contributed by atoms with van der Waals surface area (Å²) in [5.41, 5.74) is 1.17. The van der Waals surface area contributed by atoms with Crippen molar-refractivity contribution in [2.45, 2.75) is 51.2 Å². The Bertz CT molecular complexity index is 410. The van der Waals surface area contributed by atoms with Crippen molar-refractivity contribution in [3.05, 3.63) is 15.6 Å². The quantitative estimate of drug-likeness (QED) is 0.750. The van der Waals surface area contributed by atoms with Gasteiger partial charge in [0.15, 0.2) is 0 Å². The highest BCUT2D eigenvalue weighted by atomic mass is 32.1. The third-order valence-electron chi connectivity index (χ3n) is 3.86. The third kappa shape index (κ3) is 4.01. The molecular formula is C15H26N2O2S. The number of ether oxygens (including phenoxy) is 2. The van der Waals surface area contributed by atoms with E-state index < -0.39 is 0 Å². The van der Waals surface area contributed by atoms with Crippen LogP contribution in [0.15, 0.2) is 0 Å². The first-order valence-corrected chi connectivity index (χ1v) is 8.13. The molecule has 2 rings (SSSR count). The van der Waals surface area contributed by atoms with Gasteiger partial charge in [-0.05, 0) is 39.5 Å². The maximum absolute atomic E-state index is 5.58. The van der Waals surface area contributed by atoms with Crippen LogP contribution in [0.2, 0.25) is 0 Å². The summed E-state index contributed by atoms with van der Waals surface area (Å²) in [6.07, 6.45) is 4.52. The van der Waals surface area contributed by atoms with Gasteiger partial charge in [0, 0.05) is 25.6 Å². The molecule has 1 aliphatic rings. The average molecular weight is 298 g/mol. The smallest absolute Gasteiger partial charge is 0.110 e. The summed E-state index contributed by atoms with van der Waals surface area (Å²) in [4.78, 5) is 6.33. The number of nitrogens with zero attached hydrogens (tertiary/aromatic N) is 1. The summed E-state index contributed by atoms with van der Waals surface area (Å²) in [5, 5.41) is 4.76. The normalized spacial score (nSPS) is 16.4. The molecular weight excluding hydrogens is 272 g/mol. The first kappa shape index (κ1) is 15.9. The van der Waals surface area contributed by atoms with Crippen LogP contribution < -0.4 is 5.32 Å². The van der Waals surface area contributed by atoms with Crippen molar-refractivity contribution < 1.29 is 9.47 Å². The molecule has 1 aliphatic carbocycles. The maximum Gasteiger partial charge on any atom is 0.110 e. The van der Waals surface area contributed by atoms with Crippen molar-refractivity contribution in [2.24, 2.45) is 0 Å². The molecule has 0 spiro atoms. The van der Waals surface area contributed by atoms with Gasteiger partial charge in [0.25, 0.3) is 0 Å². The molecule has 1 atom stereocenters. The van der Waals surface area contributed by atoms with Gasteiger partial charge < -0.3 is 14.8 Å². The molecule has 4 nitrogen and oxygen atoms in total. The van der Waals surface area contributed by atoms with Crippen LogP contribution in [-0.2, 0) is 22.3 Å². The molecule has 1 unspecified atom stereocenters. The SMILES string of the molecule is COCCNC(CC(C)(C)OC)c1nc2c(s1)CCC2. The van der Waals surface area contributed by atoms with Gasteiger partial charge in [-0.15, -0.1) is 11.3 Å². The van der Waals surface area contributed by atoms with Crippen LogP contribution in [-0.4, -0.2) is 38.0 Å². The number of rotatable bonds is 8. The molecule has 1 aromatic heterocycles. The minimum Gasteiger partial charge on any atom is -0.383 e. The largest absolute Gasteiger partial charge is 0.383 e. The fraction of sp³-hybridized carbons (Fsp3) is 0.800. The maximum atomic E-state index is 5.58. The lowest BCUT2D eigenvalue weighted by molar-refractivity contribution is 0.00630. The highest BCUT2D eigenvalue weighted by molar-refractivity contribution is 7.11. The minimum atomic E-state index is -0.152. The van der Waals surface area contributed by atoms with Crippen LogP contribution in [0, 0.1) is 0 Å². The Morgan fingerprint density at radius 3 is 2.80 bits per heavy atom. The van der Waals surface area contributed by atoms with E-state index in [0.717, 1.165) is 26.0 Å². The lowest BCUT2D eigenvalue weighted by atomic mass is 9.99. The first-order chi connectivity index (χ1) is 9.55. The molecule has 20 heavy (non-hydrogen) atoms. The molecule has 1 heterocycles. The average Bonchev–Trinajstić information content (AvgIpc) is 2.98. The Balaban J connectivity index is 2.07. The van der Waals surface area contributed by atoms with E-state index >= 15 is 0 Å². The molecule has 0 radical (unpaired) electrons. The number of aryl methyl sites for hydroxylation is 2. The van der Waals surface area contributed by atoms with E-state index in [1.807, 2.05) is 11.3 Å². The van der Waals surface area contributed by atoms with Crippen molar-refractivity contribution in [1.29, 1.82) is 0 Å². The second kappa shape index (κ2) is 6.98. The van der Waals surface area contributed by atoms with Crippen molar-refractivity contribution in [3.8, 4) is 0 Å². The van der Waals surface area contributed by atoms with Crippen molar-refractivity contribution in [1.82, 2.24) is 10.3 Å². The molecule has 5 heteroatoms. The molecule has 1 aromatic rings. The second-order valence-corrected chi connectivity index (χ2v) is 7.06. The number of methoxy groups -OCH3 is 2. The Morgan fingerprint density at radius 2 is 2.15 bits per heavy atom. The van der Waals surface area contributed by atoms with E-state index in [0.29, 0.717) is 0 Å². The molecule has 0 bridgehead atoms. The summed E-state index contributed by atoms with van der Waals surface area (Å²) in [6, 6.07) is 0.246. The van der Waals surface area contributed by atoms with Crippen LogP contribution >= 0.6 is 11.3 Å². The van der Waals surface area contributed by atoms with Gasteiger partial charge in [0.2, 0.25) is 0 Å². The zero-order chi connectivity index (χ0) is 14.6. The van der Waals surface area contributed by atoms with Gasteiger partial charge in [-0.3, -0.25) is 0 Å². The number of hydrogen-bond donors (Lipinski definition) is 1. The van der Waals surface area contributed by atoms with Gasteiger partial charge in [-0.2, -0.15) is 0 Å². The molecule has 0 fully saturated rings. The van der Waals surface area contributed by atoms with Crippen molar-refractivity contribution in [2.75, 3.05) is 27.4 Å². The molecule has 0 saturated carbocycles. The Morgan fingerprint density at radius 1 is 1.35 bits per heavy atom. The van der Waals surface area contributed by atoms with E-state index in [9.17, 15) is 0 Å². The standard InChI is InChI=1S/C15H26N2O2S/c1-15(2,19-4)10-12(16-8-9-18-3)14-17-11-6-5-7-13(11)20-14/h12,16H,5-10H2,1-4H3. The molecule has 1 N–H and O–H groups in total. The zero-order valence-corrected chi connectivity index (χ0v) is 13.8. The van der Waals surface area contributed by atoms with Crippen LogP contribution in [0.5, 0.6) is 0 Å². The third-order valence-corrected chi connectivity index (χ3v) is 5.13. The fourth-order valence-corrected chi connectivity index (χ4v) is 3.75. The Hall–Kier alpha value is -0.490. The lowest BCUT2D eigenvalue weighted by Crippen LogP contribution is -2.33. The lowest BCUT2D eigenvalue weighted by Gasteiger charge is -2.28. The number of thiazole rings is 1. The van der Waals surface area contributed by atoms with Crippen LogP contribution in [0.1, 0.15) is 48.3 Å². The zero-order valence-electron chi connectivity index (χ0n) is 13.0. The number of fused-ring (bicyclic) bond motifs is 1. The van der Waals surface area contributed by atoms with Gasteiger partial charge in [-0.25, -0.2) is 4.98 Å². The molecule has 0 amide bonds. The van der Waals surface area contributed by atoms with E-state index in [1.165, 1.54) is 28.4 Å². The van der Waals surface area contributed by atoms with Gasteiger partial charge >= 0.3 is 0 Å². The summed E-state index contributed by atoms with van der Waals surface area (Å²) in [6.45, 7) is 5.80. The van der Waals surface area contributed by atoms with Crippen LogP contribution in [0.3, 0.4) is 0 Å².